The van der Waals surface area contributed by atoms with Crippen molar-refractivity contribution in [2.45, 2.75) is 39.5 Å². The molecule has 0 saturated carbocycles. The number of ether oxygens (including phenoxy) is 1. The number of aromatic nitrogens is 3. The monoisotopic (exact) mass is 454 g/mol. The van der Waals surface area contributed by atoms with Crippen molar-refractivity contribution in [1.82, 2.24) is 20.0 Å². The minimum Gasteiger partial charge on any atom is -0.473 e. The predicted octanol–water partition coefficient (Wildman–Crippen LogP) is 2.47. The lowest BCUT2D eigenvalue weighted by molar-refractivity contribution is 0.0722. The van der Waals surface area contributed by atoms with Gasteiger partial charge in [0.05, 0.1) is 22.6 Å². The lowest BCUT2D eigenvalue weighted by Gasteiger charge is -2.22. The fraction of sp³-hybridized carbons (Fsp3) is 0.364. The summed E-state index contributed by atoms with van der Waals surface area (Å²) in [5.74, 6) is 0.996. The molecular weight excluding hydrogens is 432 g/mol. The van der Waals surface area contributed by atoms with Crippen molar-refractivity contribution in [2.24, 2.45) is 0 Å². The molecule has 1 amide bonds. The van der Waals surface area contributed by atoms with E-state index in [1.807, 2.05) is 26.0 Å². The summed E-state index contributed by atoms with van der Waals surface area (Å²) in [5, 5.41) is 4.15. The van der Waals surface area contributed by atoms with Gasteiger partial charge in [-0.2, -0.15) is 0 Å². The van der Waals surface area contributed by atoms with Crippen LogP contribution in [0.4, 0.5) is 0 Å². The highest BCUT2D eigenvalue weighted by Crippen LogP contribution is 2.31. The van der Waals surface area contributed by atoms with Gasteiger partial charge in [0, 0.05) is 42.3 Å². The molecule has 0 aromatic carbocycles. The number of sulfone groups is 1. The number of aryl methyl sites for hydroxylation is 2. The van der Waals surface area contributed by atoms with Crippen LogP contribution in [0.25, 0.3) is 11.3 Å². The van der Waals surface area contributed by atoms with Gasteiger partial charge in [-0.25, -0.2) is 13.4 Å². The first kappa shape index (κ1) is 20.6. The second kappa shape index (κ2) is 7.70. The molecule has 0 bridgehead atoms. The topological polar surface area (TPSA) is 115 Å². The number of fused-ring (bicyclic) bond motifs is 1. The molecule has 5 rings (SSSR count). The van der Waals surface area contributed by atoms with Crippen LogP contribution in [0.15, 0.2) is 35.1 Å². The quantitative estimate of drug-likeness (QED) is 0.577. The first-order valence-corrected chi connectivity index (χ1v) is 12.1. The standard InChI is InChI=1S/C22H22N4O5S/c1-13-3-4-15(8-23-13)21-19(14(2)31-25-21)11-30-20-7-16-10-26(22(27)18(16)9-24-20)17-5-6-32(28,29)12-17/h3-4,7-9,17H,5-6,10-12H2,1-2H3. The van der Waals surface area contributed by atoms with Crippen molar-refractivity contribution in [3.8, 4) is 17.1 Å². The van der Waals surface area contributed by atoms with E-state index in [-0.39, 0.29) is 30.1 Å². The van der Waals surface area contributed by atoms with E-state index in [1.54, 1.807) is 17.2 Å². The van der Waals surface area contributed by atoms with Crippen LogP contribution in [0.3, 0.4) is 0 Å². The molecular formula is C22H22N4O5S. The number of carbonyl (C=O) groups excluding carboxylic acids is 1. The number of carbonyl (C=O) groups is 1. The van der Waals surface area contributed by atoms with Crippen LogP contribution in [0.2, 0.25) is 0 Å². The fourth-order valence-corrected chi connectivity index (χ4v) is 5.88. The molecule has 0 aliphatic carbocycles. The van der Waals surface area contributed by atoms with Crippen molar-refractivity contribution >= 4 is 15.7 Å². The molecule has 3 aromatic heterocycles. The van der Waals surface area contributed by atoms with Gasteiger partial charge in [0.1, 0.15) is 18.1 Å². The maximum absolute atomic E-state index is 12.7. The zero-order valence-corrected chi connectivity index (χ0v) is 18.6. The number of pyridine rings is 2. The summed E-state index contributed by atoms with van der Waals surface area (Å²) >= 11 is 0. The minimum atomic E-state index is -3.07. The van der Waals surface area contributed by atoms with Crippen molar-refractivity contribution in [1.29, 1.82) is 0 Å². The molecule has 3 aromatic rings. The number of nitrogens with zero attached hydrogens (tertiary/aromatic N) is 4. The number of rotatable bonds is 5. The van der Waals surface area contributed by atoms with Gasteiger partial charge in [0.2, 0.25) is 5.88 Å². The van der Waals surface area contributed by atoms with E-state index >= 15 is 0 Å². The van der Waals surface area contributed by atoms with Gasteiger partial charge in [-0.05, 0) is 38.0 Å². The Balaban J connectivity index is 1.32. The van der Waals surface area contributed by atoms with Gasteiger partial charge in [-0.15, -0.1) is 0 Å². The van der Waals surface area contributed by atoms with Crippen LogP contribution in [0, 0.1) is 13.8 Å². The first-order chi connectivity index (χ1) is 15.3. The lowest BCUT2D eigenvalue weighted by atomic mass is 10.1. The average molecular weight is 455 g/mol. The molecule has 2 aliphatic rings. The van der Waals surface area contributed by atoms with Crippen LogP contribution in [-0.4, -0.2) is 51.9 Å². The van der Waals surface area contributed by atoms with E-state index in [9.17, 15) is 13.2 Å². The van der Waals surface area contributed by atoms with E-state index in [2.05, 4.69) is 15.1 Å². The Hall–Kier alpha value is -3.27. The Labute approximate surface area is 185 Å². The zero-order chi connectivity index (χ0) is 22.5. The maximum atomic E-state index is 12.7. The summed E-state index contributed by atoms with van der Waals surface area (Å²) in [4.78, 5) is 23.0. The van der Waals surface area contributed by atoms with E-state index < -0.39 is 9.84 Å². The van der Waals surface area contributed by atoms with E-state index in [1.165, 1.54) is 6.20 Å². The molecule has 1 atom stereocenters. The van der Waals surface area contributed by atoms with Gasteiger partial charge >= 0.3 is 0 Å². The third kappa shape index (κ3) is 3.75. The van der Waals surface area contributed by atoms with Crippen LogP contribution < -0.4 is 4.74 Å². The second-order valence-electron chi connectivity index (χ2n) is 8.21. The highest BCUT2D eigenvalue weighted by Gasteiger charge is 2.39. The van der Waals surface area contributed by atoms with Gasteiger partial charge in [0.25, 0.3) is 5.91 Å². The van der Waals surface area contributed by atoms with Gasteiger partial charge in [-0.1, -0.05) is 5.16 Å². The Bertz CT molecular complexity index is 1300. The molecule has 166 valence electrons. The van der Waals surface area contributed by atoms with E-state index in [4.69, 9.17) is 9.26 Å². The van der Waals surface area contributed by atoms with Crippen LogP contribution in [-0.2, 0) is 23.0 Å². The van der Waals surface area contributed by atoms with Crippen molar-refractivity contribution in [3.63, 3.8) is 0 Å². The number of hydrogen-bond acceptors (Lipinski definition) is 8. The highest BCUT2D eigenvalue weighted by atomic mass is 32.2. The third-order valence-corrected chi connectivity index (χ3v) is 7.73. The largest absolute Gasteiger partial charge is 0.473 e. The van der Waals surface area contributed by atoms with Crippen molar-refractivity contribution < 1.29 is 22.5 Å². The Kier molecular flexibility index (Phi) is 4.96. The van der Waals surface area contributed by atoms with Crippen molar-refractivity contribution in [2.75, 3.05) is 11.5 Å². The zero-order valence-electron chi connectivity index (χ0n) is 17.7. The molecule has 32 heavy (non-hydrogen) atoms. The lowest BCUT2D eigenvalue weighted by Crippen LogP contribution is -2.36. The summed E-state index contributed by atoms with van der Waals surface area (Å²) in [6, 6.07) is 5.30. The van der Waals surface area contributed by atoms with E-state index in [0.29, 0.717) is 35.9 Å². The van der Waals surface area contributed by atoms with Crippen LogP contribution >= 0.6 is 0 Å². The molecule has 2 aliphatic heterocycles. The SMILES string of the molecule is Cc1ccc(-c2noc(C)c2COc2cc3c(cn2)C(=O)N(C2CCS(=O)(=O)C2)C3)cn1. The molecule has 0 spiro atoms. The van der Waals surface area contributed by atoms with Gasteiger partial charge < -0.3 is 14.2 Å². The summed E-state index contributed by atoms with van der Waals surface area (Å²) < 4.78 is 34.9. The number of hydrogen-bond donors (Lipinski definition) is 0. The molecule has 10 heteroatoms. The second-order valence-corrected chi connectivity index (χ2v) is 10.4. The predicted molar refractivity (Wildman–Crippen MR) is 115 cm³/mol. The highest BCUT2D eigenvalue weighted by molar-refractivity contribution is 7.91. The first-order valence-electron chi connectivity index (χ1n) is 10.3. The average Bonchev–Trinajstić information content (AvgIpc) is 3.42. The smallest absolute Gasteiger partial charge is 0.256 e. The summed E-state index contributed by atoms with van der Waals surface area (Å²) in [6.45, 7) is 4.29. The molecule has 1 unspecified atom stereocenters. The Morgan fingerprint density at radius 3 is 2.78 bits per heavy atom. The Morgan fingerprint density at radius 1 is 1.22 bits per heavy atom. The molecule has 1 fully saturated rings. The minimum absolute atomic E-state index is 0.0208. The Morgan fingerprint density at radius 2 is 2.06 bits per heavy atom. The third-order valence-electron chi connectivity index (χ3n) is 5.98. The molecule has 0 N–H and O–H groups in total. The summed E-state index contributed by atoms with van der Waals surface area (Å²) in [6.07, 6.45) is 3.72. The van der Waals surface area contributed by atoms with Gasteiger partial charge in [0.15, 0.2) is 9.84 Å². The van der Waals surface area contributed by atoms with Crippen molar-refractivity contribution in [3.05, 3.63) is 58.7 Å². The number of amides is 1. The van der Waals surface area contributed by atoms with E-state index in [0.717, 1.165) is 22.4 Å². The fourth-order valence-electron chi connectivity index (χ4n) is 4.15. The normalized spacial score (nSPS) is 19.4. The molecule has 0 radical (unpaired) electrons. The van der Waals surface area contributed by atoms with Crippen LogP contribution in [0.1, 0.15) is 39.4 Å². The molecule has 1 saturated heterocycles. The molecule has 9 nitrogen and oxygen atoms in total. The molecule has 5 heterocycles. The summed E-state index contributed by atoms with van der Waals surface area (Å²) in [5.41, 5.74) is 4.49. The van der Waals surface area contributed by atoms with Gasteiger partial charge in [-0.3, -0.25) is 9.78 Å². The van der Waals surface area contributed by atoms with Crippen LogP contribution in [0.5, 0.6) is 5.88 Å². The maximum Gasteiger partial charge on any atom is 0.256 e. The summed E-state index contributed by atoms with van der Waals surface area (Å²) in [7, 11) is -3.07.